The van der Waals surface area contributed by atoms with E-state index in [0.717, 1.165) is 6.42 Å². The van der Waals surface area contributed by atoms with Gasteiger partial charge in [0.1, 0.15) is 6.17 Å². The molecule has 6 nitrogen and oxygen atoms in total. The highest BCUT2D eigenvalue weighted by Gasteiger charge is 2.33. The van der Waals surface area contributed by atoms with Gasteiger partial charge in [-0.25, -0.2) is 13.2 Å². The summed E-state index contributed by atoms with van der Waals surface area (Å²) in [5.41, 5.74) is 0. The number of rotatable bonds is 6. The standard InChI is InChI=1S/C9H16N2O4S/c1-15-6-3-7-16(13,14)11-5-2-4-9(11)10-8-12/h9H,2-7H2,1H3. The molecule has 1 atom stereocenters. The zero-order chi connectivity index (χ0) is 12.0. The van der Waals surface area contributed by atoms with Gasteiger partial charge in [0.15, 0.2) is 0 Å². The molecule has 1 aliphatic heterocycles. The van der Waals surface area contributed by atoms with Gasteiger partial charge in [-0.1, -0.05) is 0 Å². The SMILES string of the molecule is COCCCS(=O)(=O)N1CCCC1N=C=O. The Labute approximate surface area is 95.3 Å². The Morgan fingerprint density at radius 3 is 2.94 bits per heavy atom. The van der Waals surface area contributed by atoms with Crippen molar-refractivity contribution in [3.8, 4) is 0 Å². The van der Waals surface area contributed by atoms with Gasteiger partial charge in [-0.3, -0.25) is 0 Å². The van der Waals surface area contributed by atoms with Crippen molar-refractivity contribution < 1.29 is 17.9 Å². The quantitative estimate of drug-likeness (QED) is 0.380. The van der Waals surface area contributed by atoms with Gasteiger partial charge >= 0.3 is 0 Å². The van der Waals surface area contributed by atoms with Crippen molar-refractivity contribution >= 4 is 16.1 Å². The van der Waals surface area contributed by atoms with Crippen molar-refractivity contribution in [1.29, 1.82) is 0 Å². The Bertz CT molecular complexity index is 362. The Hall–Kier alpha value is -0.750. The van der Waals surface area contributed by atoms with Crippen LogP contribution in [0.25, 0.3) is 0 Å². The lowest BCUT2D eigenvalue weighted by Crippen LogP contribution is -2.36. The van der Waals surface area contributed by atoms with E-state index in [4.69, 9.17) is 4.74 Å². The van der Waals surface area contributed by atoms with Crippen LogP contribution in [0.3, 0.4) is 0 Å². The molecule has 92 valence electrons. The van der Waals surface area contributed by atoms with E-state index in [0.29, 0.717) is 26.0 Å². The van der Waals surface area contributed by atoms with Gasteiger partial charge in [0.25, 0.3) is 0 Å². The number of isocyanates is 1. The fourth-order valence-corrected chi connectivity index (χ4v) is 3.39. The van der Waals surface area contributed by atoms with E-state index in [2.05, 4.69) is 4.99 Å². The lowest BCUT2D eigenvalue weighted by atomic mass is 10.3. The van der Waals surface area contributed by atoms with Crippen molar-refractivity contribution in [2.75, 3.05) is 26.0 Å². The Morgan fingerprint density at radius 2 is 2.31 bits per heavy atom. The smallest absolute Gasteiger partial charge is 0.236 e. The summed E-state index contributed by atoms with van der Waals surface area (Å²) in [7, 11) is -1.79. The van der Waals surface area contributed by atoms with Gasteiger partial charge in [-0.15, -0.1) is 0 Å². The van der Waals surface area contributed by atoms with E-state index in [-0.39, 0.29) is 5.75 Å². The molecular weight excluding hydrogens is 232 g/mol. The van der Waals surface area contributed by atoms with Crippen LogP contribution in [0.15, 0.2) is 4.99 Å². The van der Waals surface area contributed by atoms with E-state index >= 15 is 0 Å². The number of aliphatic imine (C=N–C) groups is 1. The highest BCUT2D eigenvalue weighted by atomic mass is 32.2. The van der Waals surface area contributed by atoms with E-state index in [1.54, 1.807) is 0 Å². The second kappa shape index (κ2) is 6.10. The first-order valence-corrected chi connectivity index (χ1v) is 6.78. The monoisotopic (exact) mass is 248 g/mol. The molecule has 0 aromatic rings. The number of hydrogen-bond donors (Lipinski definition) is 0. The van der Waals surface area contributed by atoms with Crippen LogP contribution in [0.4, 0.5) is 0 Å². The molecular formula is C9H16N2O4S. The third-order valence-electron chi connectivity index (χ3n) is 2.48. The van der Waals surface area contributed by atoms with Gasteiger partial charge in [0.05, 0.1) is 5.75 Å². The summed E-state index contributed by atoms with van der Waals surface area (Å²) in [4.78, 5) is 13.7. The molecule has 0 spiro atoms. The number of hydrogen-bond acceptors (Lipinski definition) is 5. The number of methoxy groups -OCH3 is 1. The fourth-order valence-electron chi connectivity index (χ4n) is 1.74. The second-order valence-corrected chi connectivity index (χ2v) is 5.66. The zero-order valence-corrected chi connectivity index (χ0v) is 10.1. The van der Waals surface area contributed by atoms with Crippen LogP contribution >= 0.6 is 0 Å². The molecule has 0 bridgehead atoms. The molecule has 0 aliphatic carbocycles. The molecule has 0 aromatic heterocycles. The summed E-state index contributed by atoms with van der Waals surface area (Å²) >= 11 is 0. The Kier molecular flexibility index (Phi) is 5.08. The largest absolute Gasteiger partial charge is 0.385 e. The summed E-state index contributed by atoms with van der Waals surface area (Å²) in [5, 5.41) is 0. The van der Waals surface area contributed by atoms with Crippen molar-refractivity contribution in [3.63, 3.8) is 0 Å². The first-order valence-electron chi connectivity index (χ1n) is 5.17. The normalized spacial score (nSPS) is 21.9. The van der Waals surface area contributed by atoms with Crippen molar-refractivity contribution in [2.45, 2.75) is 25.4 Å². The molecule has 16 heavy (non-hydrogen) atoms. The molecule has 1 heterocycles. The van der Waals surface area contributed by atoms with Gasteiger partial charge in [0.2, 0.25) is 16.1 Å². The van der Waals surface area contributed by atoms with Crippen LogP contribution < -0.4 is 0 Å². The third-order valence-corrected chi connectivity index (χ3v) is 4.43. The summed E-state index contributed by atoms with van der Waals surface area (Å²) in [5.74, 6) is 0.0334. The van der Waals surface area contributed by atoms with Crippen LogP contribution in [-0.4, -0.2) is 51.0 Å². The first-order chi connectivity index (χ1) is 7.61. The molecule has 1 fully saturated rings. The van der Waals surface area contributed by atoms with Crippen LogP contribution in [-0.2, 0) is 19.6 Å². The molecule has 1 rings (SSSR count). The highest BCUT2D eigenvalue weighted by molar-refractivity contribution is 7.89. The molecule has 1 saturated heterocycles. The van der Waals surface area contributed by atoms with Crippen LogP contribution in [0, 0.1) is 0 Å². The lowest BCUT2D eigenvalue weighted by Gasteiger charge is -2.19. The molecule has 0 N–H and O–H groups in total. The molecule has 0 saturated carbocycles. The van der Waals surface area contributed by atoms with Crippen molar-refractivity contribution in [2.24, 2.45) is 4.99 Å². The average Bonchev–Trinajstić information content (AvgIpc) is 2.67. The predicted molar refractivity (Wildman–Crippen MR) is 58.1 cm³/mol. The minimum absolute atomic E-state index is 0.0334. The average molecular weight is 248 g/mol. The first kappa shape index (κ1) is 13.3. The van der Waals surface area contributed by atoms with Gasteiger partial charge in [-0.2, -0.15) is 9.30 Å². The Morgan fingerprint density at radius 1 is 1.56 bits per heavy atom. The highest BCUT2D eigenvalue weighted by Crippen LogP contribution is 2.22. The summed E-state index contributed by atoms with van der Waals surface area (Å²) < 4.78 is 29.8. The maximum Gasteiger partial charge on any atom is 0.236 e. The topological polar surface area (TPSA) is 76.0 Å². The maximum absolute atomic E-state index is 11.9. The van der Waals surface area contributed by atoms with Crippen molar-refractivity contribution in [1.82, 2.24) is 4.31 Å². The summed E-state index contributed by atoms with van der Waals surface area (Å²) in [6, 6.07) is 0. The maximum atomic E-state index is 11.9. The van der Waals surface area contributed by atoms with Gasteiger partial charge < -0.3 is 4.74 Å². The number of sulfonamides is 1. The van der Waals surface area contributed by atoms with E-state index in [1.807, 2.05) is 0 Å². The van der Waals surface area contributed by atoms with Crippen LogP contribution in [0.5, 0.6) is 0 Å². The predicted octanol–water partition coefficient (Wildman–Crippen LogP) is 0.110. The molecule has 1 aliphatic rings. The summed E-state index contributed by atoms with van der Waals surface area (Å²) in [6.07, 6.45) is 2.65. The van der Waals surface area contributed by atoms with Crippen LogP contribution in [0.2, 0.25) is 0 Å². The third kappa shape index (κ3) is 3.38. The number of nitrogens with zero attached hydrogens (tertiary/aromatic N) is 2. The van der Waals surface area contributed by atoms with E-state index < -0.39 is 16.2 Å². The second-order valence-electron chi connectivity index (χ2n) is 3.62. The van der Waals surface area contributed by atoms with E-state index in [1.165, 1.54) is 17.5 Å². The number of ether oxygens (including phenoxy) is 1. The fraction of sp³-hybridized carbons (Fsp3) is 0.889. The molecule has 0 radical (unpaired) electrons. The molecule has 0 aromatic carbocycles. The molecule has 7 heteroatoms. The minimum atomic E-state index is -3.32. The van der Waals surface area contributed by atoms with Crippen molar-refractivity contribution in [3.05, 3.63) is 0 Å². The van der Waals surface area contributed by atoms with E-state index in [9.17, 15) is 13.2 Å². The lowest BCUT2D eigenvalue weighted by molar-refractivity contribution is 0.199. The van der Waals surface area contributed by atoms with Gasteiger partial charge in [0, 0.05) is 20.3 Å². The summed E-state index contributed by atoms with van der Waals surface area (Å²) in [6.45, 7) is 0.847. The molecule has 0 amide bonds. The minimum Gasteiger partial charge on any atom is -0.385 e. The van der Waals surface area contributed by atoms with Gasteiger partial charge in [-0.05, 0) is 19.3 Å². The Balaban J connectivity index is 2.63. The van der Waals surface area contributed by atoms with Crippen LogP contribution in [0.1, 0.15) is 19.3 Å². The zero-order valence-electron chi connectivity index (χ0n) is 9.26. The molecule has 1 unspecified atom stereocenters. The number of carbonyl (C=O) groups excluding carboxylic acids is 1.